The maximum Gasteiger partial charge on any atom is 0.242 e. The molecule has 0 bridgehead atoms. The molecule has 3 N–H and O–H groups in total. The van der Waals surface area contributed by atoms with Gasteiger partial charge in [0.05, 0.1) is 23.9 Å². The van der Waals surface area contributed by atoms with E-state index < -0.39 is 11.1 Å². The average Bonchev–Trinajstić information content (AvgIpc) is 2.36. The highest BCUT2D eigenvalue weighted by Crippen LogP contribution is 2.30. The molecule has 2 fully saturated rings. The Morgan fingerprint density at radius 1 is 1.37 bits per heavy atom. The Bertz CT molecular complexity index is 338. The Balaban J connectivity index is 2.09. The Kier molecular flexibility index (Phi) is 4.18. The highest BCUT2D eigenvalue weighted by molar-refractivity contribution is 5.86. The van der Waals surface area contributed by atoms with Crippen LogP contribution in [-0.2, 0) is 9.53 Å². The summed E-state index contributed by atoms with van der Waals surface area (Å²) in [5.74, 6) is 0.0297. The third-order valence-corrected chi connectivity index (χ3v) is 4.14. The van der Waals surface area contributed by atoms with Crippen LogP contribution >= 0.6 is 0 Å². The van der Waals surface area contributed by atoms with Crippen LogP contribution in [0.1, 0.15) is 46.0 Å². The van der Waals surface area contributed by atoms with E-state index in [9.17, 15) is 9.90 Å². The monoisotopic (exact) mass is 270 g/mol. The van der Waals surface area contributed by atoms with Crippen LogP contribution in [0.3, 0.4) is 0 Å². The van der Waals surface area contributed by atoms with E-state index in [4.69, 9.17) is 10.5 Å². The molecule has 2 aliphatic rings. The van der Waals surface area contributed by atoms with Crippen LogP contribution in [-0.4, -0.2) is 52.9 Å². The van der Waals surface area contributed by atoms with E-state index in [2.05, 4.69) is 0 Å². The standard InChI is InChI=1S/C14H26N2O3/c1-13(2)10-16(8-11(9-17)19-13)12(18)14(15)6-4-3-5-7-14/h11,17H,3-10,15H2,1-2H3. The molecule has 0 aromatic heterocycles. The quantitative estimate of drug-likeness (QED) is 0.772. The van der Waals surface area contributed by atoms with Gasteiger partial charge in [-0.15, -0.1) is 0 Å². The molecule has 2 rings (SSSR count). The number of rotatable bonds is 2. The molecule has 0 aromatic carbocycles. The van der Waals surface area contributed by atoms with Gasteiger partial charge in [0, 0.05) is 13.1 Å². The van der Waals surface area contributed by atoms with Gasteiger partial charge in [0.25, 0.3) is 0 Å². The number of amides is 1. The molecular weight excluding hydrogens is 244 g/mol. The predicted molar refractivity (Wildman–Crippen MR) is 72.6 cm³/mol. The zero-order chi connectivity index (χ0) is 14.1. The summed E-state index contributed by atoms with van der Waals surface area (Å²) in [6.45, 7) is 4.81. The molecule has 1 amide bonds. The molecule has 5 nitrogen and oxygen atoms in total. The number of aliphatic hydroxyl groups excluding tert-OH is 1. The number of aliphatic hydroxyl groups is 1. The van der Waals surface area contributed by atoms with Crippen LogP contribution in [0.25, 0.3) is 0 Å². The summed E-state index contributed by atoms with van der Waals surface area (Å²) in [6, 6.07) is 0. The van der Waals surface area contributed by atoms with Gasteiger partial charge in [-0.25, -0.2) is 0 Å². The highest BCUT2D eigenvalue weighted by atomic mass is 16.5. The van der Waals surface area contributed by atoms with Crippen molar-refractivity contribution in [3.8, 4) is 0 Å². The molecule has 19 heavy (non-hydrogen) atoms. The smallest absolute Gasteiger partial charge is 0.242 e. The number of morpholine rings is 1. The second-order valence-electron chi connectivity index (χ2n) is 6.58. The Morgan fingerprint density at radius 3 is 2.58 bits per heavy atom. The molecule has 1 heterocycles. The number of carbonyl (C=O) groups is 1. The number of ether oxygens (including phenoxy) is 1. The van der Waals surface area contributed by atoms with Crippen molar-refractivity contribution < 1.29 is 14.6 Å². The molecule has 0 radical (unpaired) electrons. The van der Waals surface area contributed by atoms with E-state index in [1.165, 1.54) is 6.42 Å². The first-order valence-electron chi connectivity index (χ1n) is 7.23. The third-order valence-electron chi connectivity index (χ3n) is 4.14. The van der Waals surface area contributed by atoms with E-state index in [0.717, 1.165) is 25.7 Å². The first-order valence-corrected chi connectivity index (χ1v) is 7.23. The minimum Gasteiger partial charge on any atom is -0.394 e. The second-order valence-corrected chi connectivity index (χ2v) is 6.58. The highest BCUT2D eigenvalue weighted by Gasteiger charge is 2.43. The maximum atomic E-state index is 12.7. The summed E-state index contributed by atoms with van der Waals surface area (Å²) < 4.78 is 5.74. The lowest BCUT2D eigenvalue weighted by atomic mass is 9.81. The number of hydrogen-bond acceptors (Lipinski definition) is 4. The molecule has 110 valence electrons. The topological polar surface area (TPSA) is 75.8 Å². The van der Waals surface area contributed by atoms with E-state index in [1.807, 2.05) is 13.8 Å². The molecular formula is C14H26N2O3. The van der Waals surface area contributed by atoms with Gasteiger partial charge >= 0.3 is 0 Å². The fourth-order valence-electron chi connectivity index (χ4n) is 3.26. The van der Waals surface area contributed by atoms with Crippen LogP contribution < -0.4 is 5.73 Å². The average molecular weight is 270 g/mol. The summed E-state index contributed by atoms with van der Waals surface area (Å²) >= 11 is 0. The number of hydrogen-bond donors (Lipinski definition) is 2. The lowest BCUT2D eigenvalue weighted by Crippen LogP contribution is -2.63. The van der Waals surface area contributed by atoms with Crippen molar-refractivity contribution in [1.29, 1.82) is 0 Å². The largest absolute Gasteiger partial charge is 0.394 e. The fraction of sp³-hybridized carbons (Fsp3) is 0.929. The van der Waals surface area contributed by atoms with Gasteiger partial charge in [-0.1, -0.05) is 19.3 Å². The number of nitrogens with zero attached hydrogens (tertiary/aromatic N) is 1. The maximum absolute atomic E-state index is 12.7. The van der Waals surface area contributed by atoms with Gasteiger partial charge in [-0.2, -0.15) is 0 Å². The molecule has 0 spiro atoms. The SMILES string of the molecule is CC1(C)CN(C(=O)C2(N)CCCCC2)CC(CO)O1. The van der Waals surface area contributed by atoms with E-state index in [0.29, 0.717) is 13.1 Å². The van der Waals surface area contributed by atoms with Crippen molar-refractivity contribution in [3.05, 3.63) is 0 Å². The zero-order valence-corrected chi connectivity index (χ0v) is 12.0. The third kappa shape index (κ3) is 3.27. The Labute approximate surface area is 115 Å². The van der Waals surface area contributed by atoms with Gasteiger partial charge in [0.1, 0.15) is 0 Å². The summed E-state index contributed by atoms with van der Waals surface area (Å²) in [4.78, 5) is 14.5. The fourth-order valence-corrected chi connectivity index (χ4v) is 3.26. The molecule has 1 aliphatic carbocycles. The van der Waals surface area contributed by atoms with Crippen LogP contribution in [0.2, 0.25) is 0 Å². The lowest BCUT2D eigenvalue weighted by Gasteiger charge is -2.45. The molecule has 0 aromatic rings. The van der Waals surface area contributed by atoms with Gasteiger partial charge in [0.15, 0.2) is 0 Å². The van der Waals surface area contributed by atoms with E-state index in [1.54, 1.807) is 4.90 Å². The molecule has 1 atom stereocenters. The molecule has 1 saturated carbocycles. The van der Waals surface area contributed by atoms with Crippen LogP contribution in [0.5, 0.6) is 0 Å². The van der Waals surface area contributed by atoms with Crippen molar-refractivity contribution in [1.82, 2.24) is 4.90 Å². The number of carbonyl (C=O) groups excluding carboxylic acids is 1. The Hall–Kier alpha value is -0.650. The molecule has 1 saturated heterocycles. The lowest BCUT2D eigenvalue weighted by molar-refractivity contribution is -0.171. The summed E-state index contributed by atoms with van der Waals surface area (Å²) in [5.41, 5.74) is 5.19. The van der Waals surface area contributed by atoms with Gasteiger partial charge < -0.3 is 20.5 Å². The summed E-state index contributed by atoms with van der Waals surface area (Å²) in [5, 5.41) is 9.30. The molecule has 1 unspecified atom stereocenters. The molecule has 5 heteroatoms. The normalized spacial score (nSPS) is 30.1. The van der Waals surface area contributed by atoms with E-state index in [-0.39, 0.29) is 18.6 Å². The van der Waals surface area contributed by atoms with Crippen LogP contribution in [0, 0.1) is 0 Å². The zero-order valence-electron chi connectivity index (χ0n) is 12.0. The van der Waals surface area contributed by atoms with Crippen LogP contribution in [0.4, 0.5) is 0 Å². The van der Waals surface area contributed by atoms with Crippen molar-refractivity contribution in [2.45, 2.75) is 63.2 Å². The first kappa shape index (κ1) is 14.8. The minimum absolute atomic E-state index is 0.0297. The van der Waals surface area contributed by atoms with Crippen molar-refractivity contribution in [2.24, 2.45) is 5.73 Å². The minimum atomic E-state index is -0.703. The van der Waals surface area contributed by atoms with E-state index >= 15 is 0 Å². The van der Waals surface area contributed by atoms with Crippen molar-refractivity contribution in [3.63, 3.8) is 0 Å². The van der Waals surface area contributed by atoms with Crippen molar-refractivity contribution in [2.75, 3.05) is 19.7 Å². The summed E-state index contributed by atoms with van der Waals surface area (Å²) in [7, 11) is 0. The van der Waals surface area contributed by atoms with Crippen LogP contribution in [0.15, 0.2) is 0 Å². The molecule has 1 aliphatic heterocycles. The van der Waals surface area contributed by atoms with Gasteiger partial charge in [0.2, 0.25) is 5.91 Å². The predicted octanol–water partition coefficient (Wildman–Crippen LogP) is 0.646. The van der Waals surface area contributed by atoms with Crippen molar-refractivity contribution >= 4 is 5.91 Å². The van der Waals surface area contributed by atoms with Gasteiger partial charge in [-0.05, 0) is 26.7 Å². The second kappa shape index (κ2) is 5.38. The first-order chi connectivity index (χ1) is 8.86. The van der Waals surface area contributed by atoms with Gasteiger partial charge in [-0.3, -0.25) is 4.79 Å². The summed E-state index contributed by atoms with van der Waals surface area (Å²) in [6.07, 6.45) is 4.46. The Morgan fingerprint density at radius 2 is 2.00 bits per heavy atom. The number of nitrogens with two attached hydrogens (primary N) is 1.